The fraction of sp³-hybridized carbons (Fsp3) is 0.769. The van der Waals surface area contributed by atoms with Gasteiger partial charge in [0.25, 0.3) is 0 Å². The minimum absolute atomic E-state index is 0.0258. The Kier molecular flexibility index (Phi) is 4.15. The zero-order chi connectivity index (χ0) is 14.8. The van der Waals surface area contributed by atoms with Crippen LogP contribution in [-0.4, -0.2) is 53.6 Å². The van der Waals surface area contributed by atoms with Crippen LogP contribution in [0.3, 0.4) is 0 Å². The van der Waals surface area contributed by atoms with E-state index < -0.39 is 11.4 Å². The predicted molar refractivity (Wildman–Crippen MR) is 71.1 cm³/mol. The number of nitrogens with one attached hydrogen (secondary N) is 2. The Morgan fingerprint density at radius 3 is 2.35 bits per heavy atom. The number of hydrogen-bond acceptors (Lipinski definition) is 3. The van der Waals surface area contributed by atoms with Gasteiger partial charge in [-0.05, 0) is 32.6 Å². The molecule has 3 N–H and O–H groups in total. The van der Waals surface area contributed by atoms with E-state index in [0.29, 0.717) is 25.9 Å². The summed E-state index contributed by atoms with van der Waals surface area (Å²) in [6.45, 7) is 2.48. The van der Waals surface area contributed by atoms with Crippen LogP contribution in [0.25, 0.3) is 0 Å². The maximum atomic E-state index is 11.9. The molecule has 2 aliphatic rings. The lowest BCUT2D eigenvalue weighted by Crippen LogP contribution is -2.50. The number of carbonyl (C=O) groups is 3. The van der Waals surface area contributed by atoms with Crippen molar-refractivity contribution in [3.8, 4) is 0 Å². The third kappa shape index (κ3) is 3.61. The second-order valence-electron chi connectivity index (χ2n) is 5.85. The highest BCUT2D eigenvalue weighted by atomic mass is 16.4. The van der Waals surface area contributed by atoms with E-state index in [4.69, 9.17) is 5.11 Å². The van der Waals surface area contributed by atoms with E-state index in [9.17, 15) is 14.4 Å². The molecule has 1 saturated heterocycles. The minimum atomic E-state index is -0.818. The maximum Gasteiger partial charge on any atom is 0.317 e. The van der Waals surface area contributed by atoms with Crippen LogP contribution in [-0.2, 0) is 9.59 Å². The normalized spacial score (nSPS) is 21.1. The number of amides is 3. The molecule has 1 aliphatic heterocycles. The van der Waals surface area contributed by atoms with Gasteiger partial charge in [-0.25, -0.2) is 4.79 Å². The van der Waals surface area contributed by atoms with E-state index in [1.54, 1.807) is 11.8 Å². The fourth-order valence-corrected chi connectivity index (χ4v) is 2.19. The summed E-state index contributed by atoms with van der Waals surface area (Å²) in [7, 11) is 0. The second-order valence-corrected chi connectivity index (χ2v) is 5.85. The van der Waals surface area contributed by atoms with E-state index in [1.807, 2.05) is 0 Å². The maximum absolute atomic E-state index is 11.9. The Morgan fingerprint density at radius 2 is 1.85 bits per heavy atom. The molecule has 0 aromatic carbocycles. The standard InChI is InChI=1S/C13H21N3O4/c1-13(11(18)19)4-6-16(7-5-13)12(20)14-8-10(17)15-9-2-3-9/h9H,2-8H2,1H3,(H,14,20)(H,15,17)(H,18,19). The third-order valence-corrected chi connectivity index (χ3v) is 4.01. The van der Waals surface area contributed by atoms with Crippen LogP contribution < -0.4 is 10.6 Å². The molecule has 0 spiro atoms. The van der Waals surface area contributed by atoms with Gasteiger partial charge >= 0.3 is 12.0 Å². The lowest BCUT2D eigenvalue weighted by atomic mass is 9.80. The van der Waals surface area contributed by atoms with Gasteiger partial charge in [0.15, 0.2) is 0 Å². The lowest BCUT2D eigenvalue weighted by Gasteiger charge is -2.36. The summed E-state index contributed by atoms with van der Waals surface area (Å²) in [5.41, 5.74) is -0.750. The molecular weight excluding hydrogens is 262 g/mol. The zero-order valence-electron chi connectivity index (χ0n) is 11.6. The van der Waals surface area contributed by atoms with Gasteiger partial charge in [-0.1, -0.05) is 0 Å². The molecule has 2 rings (SSSR count). The Morgan fingerprint density at radius 1 is 1.25 bits per heavy atom. The molecule has 1 heterocycles. The van der Waals surface area contributed by atoms with Crippen LogP contribution >= 0.6 is 0 Å². The number of aliphatic carboxylic acids is 1. The minimum Gasteiger partial charge on any atom is -0.481 e. The first kappa shape index (κ1) is 14.6. The fourth-order valence-electron chi connectivity index (χ4n) is 2.19. The molecule has 20 heavy (non-hydrogen) atoms. The van der Waals surface area contributed by atoms with Crippen molar-refractivity contribution in [3.05, 3.63) is 0 Å². The largest absolute Gasteiger partial charge is 0.481 e. The second kappa shape index (κ2) is 5.68. The highest BCUT2D eigenvalue weighted by molar-refractivity contribution is 5.84. The Bertz CT molecular complexity index is 412. The van der Waals surface area contributed by atoms with Crippen molar-refractivity contribution in [1.82, 2.24) is 15.5 Å². The van der Waals surface area contributed by atoms with Crippen molar-refractivity contribution in [3.63, 3.8) is 0 Å². The smallest absolute Gasteiger partial charge is 0.317 e. The highest BCUT2D eigenvalue weighted by Gasteiger charge is 2.38. The molecule has 112 valence electrons. The number of piperidine rings is 1. The van der Waals surface area contributed by atoms with Crippen molar-refractivity contribution >= 4 is 17.9 Å². The van der Waals surface area contributed by atoms with Crippen LogP contribution in [0, 0.1) is 5.41 Å². The molecule has 0 radical (unpaired) electrons. The van der Waals surface area contributed by atoms with Gasteiger partial charge in [-0.2, -0.15) is 0 Å². The molecule has 0 bridgehead atoms. The SMILES string of the molecule is CC1(C(=O)O)CCN(C(=O)NCC(=O)NC2CC2)CC1. The third-order valence-electron chi connectivity index (χ3n) is 4.01. The van der Waals surface area contributed by atoms with Crippen molar-refractivity contribution in [2.24, 2.45) is 5.41 Å². The van der Waals surface area contributed by atoms with Crippen LogP contribution in [0.5, 0.6) is 0 Å². The van der Waals surface area contributed by atoms with Crippen molar-refractivity contribution in [2.45, 2.75) is 38.6 Å². The molecular formula is C13H21N3O4. The van der Waals surface area contributed by atoms with Crippen molar-refractivity contribution in [2.75, 3.05) is 19.6 Å². The molecule has 0 atom stereocenters. The summed E-state index contributed by atoms with van der Waals surface area (Å²) in [5.74, 6) is -0.991. The number of hydrogen-bond donors (Lipinski definition) is 3. The summed E-state index contributed by atoms with van der Waals surface area (Å²) in [6.07, 6.45) is 2.90. The number of nitrogens with zero attached hydrogens (tertiary/aromatic N) is 1. The number of rotatable bonds is 4. The number of carboxylic acids is 1. The summed E-state index contributed by atoms with van der Waals surface area (Å²) in [6, 6.07) is -0.0194. The van der Waals surface area contributed by atoms with Crippen molar-refractivity contribution in [1.29, 1.82) is 0 Å². The number of urea groups is 1. The van der Waals surface area contributed by atoms with Gasteiger partial charge in [0.1, 0.15) is 0 Å². The van der Waals surface area contributed by atoms with Gasteiger partial charge in [0.2, 0.25) is 5.91 Å². The summed E-state index contributed by atoms with van der Waals surface area (Å²) in [4.78, 5) is 36.0. The zero-order valence-corrected chi connectivity index (χ0v) is 11.6. The van der Waals surface area contributed by atoms with Crippen LogP contribution in [0.15, 0.2) is 0 Å². The van der Waals surface area contributed by atoms with Crippen LogP contribution in [0.2, 0.25) is 0 Å². The first-order valence-corrected chi connectivity index (χ1v) is 6.96. The Labute approximate surface area is 117 Å². The van der Waals surface area contributed by atoms with Gasteiger partial charge < -0.3 is 20.6 Å². The molecule has 2 fully saturated rings. The topological polar surface area (TPSA) is 98.7 Å². The van der Waals surface area contributed by atoms with E-state index in [-0.39, 0.29) is 24.5 Å². The molecule has 1 aliphatic carbocycles. The Hall–Kier alpha value is -1.79. The van der Waals surface area contributed by atoms with E-state index >= 15 is 0 Å². The highest BCUT2D eigenvalue weighted by Crippen LogP contribution is 2.30. The summed E-state index contributed by atoms with van der Waals surface area (Å²) < 4.78 is 0. The van der Waals surface area contributed by atoms with Crippen LogP contribution in [0.4, 0.5) is 4.79 Å². The summed E-state index contributed by atoms with van der Waals surface area (Å²) in [5, 5.41) is 14.5. The first-order chi connectivity index (χ1) is 9.40. The Balaban J connectivity index is 1.71. The molecule has 0 aromatic heterocycles. The molecule has 0 aromatic rings. The van der Waals surface area contributed by atoms with Gasteiger partial charge in [-0.15, -0.1) is 0 Å². The average molecular weight is 283 g/mol. The monoisotopic (exact) mass is 283 g/mol. The van der Waals surface area contributed by atoms with Crippen molar-refractivity contribution < 1.29 is 19.5 Å². The van der Waals surface area contributed by atoms with E-state index in [1.165, 1.54) is 0 Å². The molecule has 3 amide bonds. The molecule has 1 saturated carbocycles. The van der Waals surface area contributed by atoms with Gasteiger partial charge in [-0.3, -0.25) is 9.59 Å². The van der Waals surface area contributed by atoms with Crippen LogP contribution in [0.1, 0.15) is 32.6 Å². The predicted octanol–water partition coefficient (Wildman–Crippen LogP) is 0.161. The molecule has 7 heteroatoms. The molecule has 7 nitrogen and oxygen atoms in total. The van der Waals surface area contributed by atoms with E-state index in [2.05, 4.69) is 10.6 Å². The summed E-state index contributed by atoms with van der Waals surface area (Å²) >= 11 is 0. The molecule has 0 unspecified atom stereocenters. The quantitative estimate of drug-likeness (QED) is 0.684. The van der Waals surface area contributed by atoms with E-state index in [0.717, 1.165) is 12.8 Å². The number of likely N-dealkylation sites (tertiary alicyclic amines) is 1. The van der Waals surface area contributed by atoms with Gasteiger partial charge in [0.05, 0.1) is 12.0 Å². The number of carbonyl (C=O) groups excluding carboxylic acids is 2. The lowest BCUT2D eigenvalue weighted by molar-refractivity contribution is -0.150. The van der Waals surface area contributed by atoms with Gasteiger partial charge in [0, 0.05) is 19.1 Å². The first-order valence-electron chi connectivity index (χ1n) is 6.96. The average Bonchev–Trinajstić information content (AvgIpc) is 3.20. The number of carboxylic acid groups (broad SMARTS) is 1.